The number of rotatable bonds is 8. The summed E-state index contributed by atoms with van der Waals surface area (Å²) in [6.45, 7) is 5.99. The number of hydrogen-bond donors (Lipinski definition) is 1. The van der Waals surface area contributed by atoms with Crippen molar-refractivity contribution >= 4 is 11.1 Å². The Hall–Kier alpha value is -3.04. The van der Waals surface area contributed by atoms with Crippen LogP contribution in [0, 0.1) is 5.92 Å². The number of hydrogen-bond acceptors (Lipinski definition) is 3. The Morgan fingerprint density at radius 1 is 0.800 bits per heavy atom. The molecule has 3 nitrogen and oxygen atoms in total. The molecule has 1 N–H and O–H groups in total. The van der Waals surface area contributed by atoms with Gasteiger partial charge in [-0.25, -0.2) is 0 Å². The largest absolute Gasteiger partial charge is 0.508 e. The van der Waals surface area contributed by atoms with Gasteiger partial charge in [-0.15, -0.1) is 0 Å². The molecule has 0 saturated carbocycles. The summed E-state index contributed by atoms with van der Waals surface area (Å²) in [5.74, 6) is 1.47. The Morgan fingerprint density at radius 2 is 1.37 bits per heavy atom. The standard InChI is InChI=1S/C27H31NO2/c1-20(2)26(21-8-6-5-7-9-21)27(22-10-14-24(29)15-11-22)23-12-16-25(17-13-23)30-19-18-28(3)4/h5-17,20,29H,18-19H2,1-4H3. The second kappa shape index (κ2) is 10.1. The molecule has 0 aliphatic heterocycles. The first-order valence-corrected chi connectivity index (χ1v) is 10.4. The number of phenols is 1. The minimum Gasteiger partial charge on any atom is -0.508 e. The van der Waals surface area contributed by atoms with E-state index < -0.39 is 0 Å². The predicted molar refractivity (Wildman–Crippen MR) is 126 cm³/mol. The van der Waals surface area contributed by atoms with E-state index in [9.17, 15) is 5.11 Å². The monoisotopic (exact) mass is 401 g/mol. The first-order valence-electron chi connectivity index (χ1n) is 10.4. The fraction of sp³-hybridized carbons (Fsp3) is 0.259. The van der Waals surface area contributed by atoms with Gasteiger partial charge in [0.15, 0.2) is 0 Å². The van der Waals surface area contributed by atoms with Gasteiger partial charge in [0.25, 0.3) is 0 Å². The second-order valence-electron chi connectivity index (χ2n) is 8.03. The molecule has 0 spiro atoms. The number of nitrogens with zero attached hydrogens (tertiary/aromatic N) is 1. The lowest BCUT2D eigenvalue weighted by Crippen LogP contribution is -2.19. The van der Waals surface area contributed by atoms with Gasteiger partial charge in [0.05, 0.1) is 0 Å². The van der Waals surface area contributed by atoms with E-state index in [-0.39, 0.29) is 5.75 Å². The predicted octanol–water partition coefficient (Wildman–Crippen LogP) is 5.95. The highest BCUT2D eigenvalue weighted by molar-refractivity contribution is 5.99. The van der Waals surface area contributed by atoms with Crippen LogP contribution in [0.5, 0.6) is 11.5 Å². The average molecular weight is 402 g/mol. The molecule has 0 bridgehead atoms. The molecule has 0 aliphatic carbocycles. The van der Waals surface area contributed by atoms with Crippen LogP contribution in [-0.2, 0) is 0 Å². The number of likely N-dealkylation sites (N-methyl/N-ethyl adjacent to an activating group) is 1. The summed E-state index contributed by atoms with van der Waals surface area (Å²) in [6.07, 6.45) is 0. The van der Waals surface area contributed by atoms with Gasteiger partial charge >= 0.3 is 0 Å². The summed E-state index contributed by atoms with van der Waals surface area (Å²) >= 11 is 0. The minimum absolute atomic E-state index is 0.272. The molecule has 0 saturated heterocycles. The van der Waals surface area contributed by atoms with Crippen molar-refractivity contribution in [1.82, 2.24) is 4.90 Å². The summed E-state index contributed by atoms with van der Waals surface area (Å²) in [5, 5.41) is 9.80. The molecule has 0 radical (unpaired) electrons. The maximum atomic E-state index is 9.80. The van der Waals surface area contributed by atoms with E-state index in [2.05, 4.69) is 55.1 Å². The zero-order valence-electron chi connectivity index (χ0n) is 18.3. The van der Waals surface area contributed by atoms with E-state index in [0.29, 0.717) is 12.5 Å². The van der Waals surface area contributed by atoms with Gasteiger partial charge in [-0.05, 0) is 72.1 Å². The molecule has 0 aromatic heterocycles. The van der Waals surface area contributed by atoms with Crippen molar-refractivity contribution in [2.75, 3.05) is 27.2 Å². The van der Waals surface area contributed by atoms with E-state index in [1.807, 2.05) is 44.4 Å². The first kappa shape index (κ1) is 21.7. The quantitative estimate of drug-likeness (QED) is 0.474. The molecule has 0 unspecified atom stereocenters. The number of allylic oxidation sites excluding steroid dienone is 1. The van der Waals surface area contributed by atoms with Crippen LogP contribution in [0.15, 0.2) is 78.9 Å². The molecule has 0 aliphatic rings. The molecule has 0 amide bonds. The Balaban J connectivity index is 2.07. The normalized spacial score (nSPS) is 12.2. The Labute approximate surface area is 180 Å². The zero-order valence-corrected chi connectivity index (χ0v) is 18.3. The molecule has 3 aromatic rings. The fourth-order valence-electron chi connectivity index (χ4n) is 3.55. The summed E-state index contributed by atoms with van der Waals surface area (Å²) in [7, 11) is 4.08. The fourth-order valence-corrected chi connectivity index (χ4v) is 3.55. The van der Waals surface area contributed by atoms with E-state index in [4.69, 9.17) is 4.74 Å². The molecule has 156 valence electrons. The Kier molecular flexibility index (Phi) is 7.31. The number of phenolic OH excluding ortho intramolecular Hbond substituents is 1. The topological polar surface area (TPSA) is 32.7 Å². The lowest BCUT2D eigenvalue weighted by atomic mass is 9.84. The lowest BCUT2D eigenvalue weighted by molar-refractivity contribution is 0.261. The number of benzene rings is 3. The third-order valence-corrected chi connectivity index (χ3v) is 5.04. The Morgan fingerprint density at radius 3 is 1.90 bits per heavy atom. The van der Waals surface area contributed by atoms with Crippen molar-refractivity contribution in [3.8, 4) is 11.5 Å². The summed E-state index contributed by atoms with van der Waals surface area (Å²) < 4.78 is 5.87. The van der Waals surface area contributed by atoms with Gasteiger partial charge < -0.3 is 14.7 Å². The van der Waals surface area contributed by atoms with Crippen LogP contribution < -0.4 is 4.74 Å². The van der Waals surface area contributed by atoms with Gasteiger partial charge in [-0.1, -0.05) is 68.4 Å². The molecular weight excluding hydrogens is 370 g/mol. The van der Waals surface area contributed by atoms with Crippen molar-refractivity contribution < 1.29 is 9.84 Å². The third kappa shape index (κ3) is 5.52. The van der Waals surface area contributed by atoms with Gasteiger partial charge in [-0.3, -0.25) is 0 Å². The van der Waals surface area contributed by atoms with Gasteiger partial charge in [0, 0.05) is 6.54 Å². The maximum absolute atomic E-state index is 9.80. The molecule has 0 heterocycles. The minimum atomic E-state index is 0.272. The maximum Gasteiger partial charge on any atom is 0.119 e. The van der Waals surface area contributed by atoms with Crippen molar-refractivity contribution in [2.45, 2.75) is 13.8 Å². The molecule has 0 atom stereocenters. The van der Waals surface area contributed by atoms with Gasteiger partial charge in [0.1, 0.15) is 18.1 Å². The summed E-state index contributed by atoms with van der Waals surface area (Å²) in [4.78, 5) is 2.11. The SMILES string of the molecule is CC(C)C(=C(c1ccc(O)cc1)c1ccc(OCCN(C)C)cc1)c1ccccc1. The van der Waals surface area contributed by atoms with Crippen molar-refractivity contribution in [3.63, 3.8) is 0 Å². The van der Waals surface area contributed by atoms with Crippen LogP contribution in [0.4, 0.5) is 0 Å². The molecule has 3 aromatic carbocycles. The van der Waals surface area contributed by atoms with Crippen LogP contribution >= 0.6 is 0 Å². The van der Waals surface area contributed by atoms with E-state index in [1.165, 1.54) is 16.7 Å². The van der Waals surface area contributed by atoms with Gasteiger partial charge in [-0.2, -0.15) is 0 Å². The highest BCUT2D eigenvalue weighted by atomic mass is 16.5. The molecule has 30 heavy (non-hydrogen) atoms. The third-order valence-electron chi connectivity index (χ3n) is 5.04. The van der Waals surface area contributed by atoms with Crippen molar-refractivity contribution in [3.05, 3.63) is 95.6 Å². The molecular formula is C27H31NO2. The average Bonchev–Trinajstić information content (AvgIpc) is 2.73. The molecule has 3 rings (SSSR count). The Bertz CT molecular complexity index is 956. The van der Waals surface area contributed by atoms with Crippen LogP contribution in [0.3, 0.4) is 0 Å². The van der Waals surface area contributed by atoms with E-state index >= 15 is 0 Å². The van der Waals surface area contributed by atoms with Crippen LogP contribution in [-0.4, -0.2) is 37.3 Å². The van der Waals surface area contributed by atoms with Crippen LogP contribution in [0.2, 0.25) is 0 Å². The van der Waals surface area contributed by atoms with Crippen LogP contribution in [0.25, 0.3) is 11.1 Å². The smallest absolute Gasteiger partial charge is 0.119 e. The van der Waals surface area contributed by atoms with Crippen LogP contribution in [0.1, 0.15) is 30.5 Å². The number of aromatic hydroxyl groups is 1. The number of ether oxygens (including phenoxy) is 1. The van der Waals surface area contributed by atoms with Gasteiger partial charge in [0.2, 0.25) is 0 Å². The lowest BCUT2D eigenvalue weighted by Gasteiger charge is -2.20. The van der Waals surface area contributed by atoms with E-state index in [0.717, 1.165) is 23.4 Å². The first-order chi connectivity index (χ1) is 14.5. The molecule has 3 heteroatoms. The molecule has 0 fully saturated rings. The summed E-state index contributed by atoms with van der Waals surface area (Å²) in [6, 6.07) is 26.3. The van der Waals surface area contributed by atoms with Crippen molar-refractivity contribution in [1.29, 1.82) is 0 Å². The zero-order chi connectivity index (χ0) is 21.5. The highest BCUT2D eigenvalue weighted by Gasteiger charge is 2.17. The van der Waals surface area contributed by atoms with E-state index in [1.54, 1.807) is 12.1 Å². The van der Waals surface area contributed by atoms with Crippen molar-refractivity contribution in [2.24, 2.45) is 5.92 Å². The second-order valence-corrected chi connectivity index (χ2v) is 8.03. The highest BCUT2D eigenvalue weighted by Crippen LogP contribution is 2.37. The summed E-state index contributed by atoms with van der Waals surface area (Å²) in [5.41, 5.74) is 5.88.